The van der Waals surface area contributed by atoms with E-state index in [1.54, 1.807) is 31.2 Å². The van der Waals surface area contributed by atoms with Gasteiger partial charge in [-0.15, -0.1) is 0 Å². The molecule has 1 fully saturated rings. The summed E-state index contributed by atoms with van der Waals surface area (Å²) in [4.78, 5) is 2.93. The first-order valence-corrected chi connectivity index (χ1v) is 11.8. The smallest absolute Gasteiger partial charge is 0.123 e. The lowest BCUT2D eigenvalue weighted by atomic mass is 9.78. The first-order valence-electron chi connectivity index (χ1n) is 11.4. The van der Waals surface area contributed by atoms with Crippen molar-refractivity contribution in [1.82, 2.24) is 0 Å². The van der Waals surface area contributed by atoms with E-state index in [4.69, 9.17) is 12.2 Å². The highest BCUT2D eigenvalue weighted by Crippen LogP contribution is 2.41. The van der Waals surface area contributed by atoms with E-state index in [1.165, 1.54) is 12.1 Å². The molecule has 0 saturated carbocycles. The summed E-state index contributed by atoms with van der Waals surface area (Å²) in [6.07, 6.45) is 4.35. The Morgan fingerprint density at radius 1 is 1.09 bits per heavy atom. The molecule has 0 spiro atoms. The third-order valence-corrected chi connectivity index (χ3v) is 6.72. The molecular formula is C27H32FNO3S. The van der Waals surface area contributed by atoms with Crippen LogP contribution in [0.3, 0.4) is 0 Å². The molecule has 3 unspecified atom stereocenters. The van der Waals surface area contributed by atoms with Crippen LogP contribution in [0.15, 0.2) is 78.1 Å². The summed E-state index contributed by atoms with van der Waals surface area (Å²) in [5.41, 5.74) is 2.50. The summed E-state index contributed by atoms with van der Waals surface area (Å²) < 4.78 is 13.2. The lowest BCUT2D eigenvalue weighted by Gasteiger charge is -2.51. The Labute approximate surface area is 200 Å². The molecule has 1 heterocycles. The molecule has 1 aliphatic heterocycles. The summed E-state index contributed by atoms with van der Waals surface area (Å²) >= 11 is 5.78. The maximum Gasteiger partial charge on any atom is 0.123 e. The van der Waals surface area contributed by atoms with Crippen LogP contribution in [0.1, 0.15) is 51.2 Å². The van der Waals surface area contributed by atoms with Gasteiger partial charge in [0.2, 0.25) is 0 Å². The zero-order valence-electron chi connectivity index (χ0n) is 19.1. The molecule has 6 heteroatoms. The SMILES string of the molecule is CC/C(O)=C\C=C(\CC1[C@@H](CCC(O)c2ccc(F)cc2)C(=S)N1c1ccccc1)C(C)O. The number of halogens is 1. The van der Waals surface area contributed by atoms with Gasteiger partial charge in [-0.1, -0.05) is 55.5 Å². The van der Waals surface area contributed by atoms with Crippen LogP contribution in [0.4, 0.5) is 10.1 Å². The summed E-state index contributed by atoms with van der Waals surface area (Å²) in [6, 6.07) is 15.9. The second-order valence-corrected chi connectivity index (χ2v) is 8.91. The molecule has 33 heavy (non-hydrogen) atoms. The van der Waals surface area contributed by atoms with Crippen molar-refractivity contribution < 1.29 is 19.7 Å². The number of allylic oxidation sites excluding steroid dienone is 3. The van der Waals surface area contributed by atoms with Gasteiger partial charge in [-0.2, -0.15) is 0 Å². The highest BCUT2D eigenvalue weighted by Gasteiger charge is 2.44. The predicted octanol–water partition coefficient (Wildman–Crippen LogP) is 6.02. The quantitative estimate of drug-likeness (QED) is 0.226. The van der Waals surface area contributed by atoms with Gasteiger partial charge in [-0.25, -0.2) is 4.39 Å². The molecule has 1 aliphatic rings. The number of thiocarbonyl (C=S) groups is 1. The van der Waals surface area contributed by atoms with Crippen LogP contribution in [0.5, 0.6) is 0 Å². The van der Waals surface area contributed by atoms with E-state index in [2.05, 4.69) is 4.90 Å². The molecule has 3 N–H and O–H groups in total. The van der Waals surface area contributed by atoms with E-state index in [1.807, 2.05) is 37.3 Å². The van der Waals surface area contributed by atoms with Gasteiger partial charge in [-0.05, 0) is 67.7 Å². The highest BCUT2D eigenvalue weighted by atomic mass is 32.1. The number of hydrogen-bond acceptors (Lipinski definition) is 4. The summed E-state index contributed by atoms with van der Waals surface area (Å²) in [5.74, 6) is -0.0114. The maximum absolute atomic E-state index is 13.2. The fraction of sp³-hybridized carbons (Fsp3) is 0.370. The zero-order valence-corrected chi connectivity index (χ0v) is 19.9. The first kappa shape index (κ1) is 25.1. The number of para-hydroxylation sites is 1. The van der Waals surface area contributed by atoms with Gasteiger partial charge in [0, 0.05) is 24.1 Å². The number of hydrogen-bond donors (Lipinski definition) is 3. The Balaban J connectivity index is 1.79. The molecule has 2 aromatic carbocycles. The monoisotopic (exact) mass is 469 g/mol. The van der Waals surface area contributed by atoms with Gasteiger partial charge < -0.3 is 20.2 Å². The third kappa shape index (κ3) is 6.28. The highest BCUT2D eigenvalue weighted by molar-refractivity contribution is 7.80. The lowest BCUT2D eigenvalue weighted by molar-refractivity contribution is 0.156. The van der Waals surface area contributed by atoms with Gasteiger partial charge in [0.25, 0.3) is 0 Å². The molecule has 0 bridgehead atoms. The third-order valence-electron chi connectivity index (χ3n) is 6.22. The van der Waals surface area contributed by atoms with E-state index in [9.17, 15) is 19.7 Å². The molecule has 3 rings (SSSR count). The number of benzene rings is 2. The molecule has 1 saturated heterocycles. The molecular weight excluding hydrogens is 437 g/mol. The van der Waals surface area contributed by atoms with Crippen molar-refractivity contribution >= 4 is 22.9 Å². The number of rotatable bonds is 10. The van der Waals surface area contributed by atoms with Crippen molar-refractivity contribution in [3.05, 3.63) is 89.5 Å². The van der Waals surface area contributed by atoms with Crippen LogP contribution < -0.4 is 4.90 Å². The normalized spacial score (nSPS) is 21.0. The molecule has 0 amide bonds. The Morgan fingerprint density at radius 3 is 2.36 bits per heavy atom. The van der Waals surface area contributed by atoms with Gasteiger partial charge in [-0.3, -0.25) is 0 Å². The molecule has 176 valence electrons. The van der Waals surface area contributed by atoms with E-state index in [-0.39, 0.29) is 23.5 Å². The summed E-state index contributed by atoms with van der Waals surface area (Å²) in [5, 5.41) is 30.8. The minimum atomic E-state index is -0.698. The van der Waals surface area contributed by atoms with Gasteiger partial charge in [0.1, 0.15) is 5.82 Å². The van der Waals surface area contributed by atoms with E-state index in [0.717, 1.165) is 16.2 Å². The zero-order chi connectivity index (χ0) is 24.0. The topological polar surface area (TPSA) is 63.9 Å². The fourth-order valence-corrected chi connectivity index (χ4v) is 4.71. The first-order chi connectivity index (χ1) is 15.8. The minimum Gasteiger partial charge on any atom is -0.512 e. The number of anilines is 1. The predicted molar refractivity (Wildman–Crippen MR) is 135 cm³/mol. The average molecular weight is 470 g/mol. The van der Waals surface area contributed by atoms with Crippen LogP contribution in [0, 0.1) is 11.7 Å². The molecule has 4 nitrogen and oxygen atoms in total. The molecule has 2 aromatic rings. The van der Waals surface area contributed by atoms with Crippen molar-refractivity contribution in [2.75, 3.05) is 4.90 Å². The van der Waals surface area contributed by atoms with Crippen LogP contribution in [-0.4, -0.2) is 32.5 Å². The Hall–Kier alpha value is -2.54. The van der Waals surface area contributed by atoms with E-state index < -0.39 is 12.2 Å². The molecule has 0 radical (unpaired) electrons. The second kappa shape index (κ2) is 11.5. The van der Waals surface area contributed by atoms with Crippen LogP contribution in [0.2, 0.25) is 0 Å². The van der Waals surface area contributed by atoms with Crippen molar-refractivity contribution in [3.63, 3.8) is 0 Å². The molecule has 4 atom stereocenters. The number of nitrogens with zero attached hydrogens (tertiary/aromatic N) is 1. The standard InChI is InChI=1S/C27H32FNO3S/c1-3-23(31)14-11-20(18(2)30)17-25-24(27(33)29(25)22-7-5-4-6-8-22)15-16-26(32)19-9-12-21(28)13-10-19/h4-14,18,24-26,30-32H,3,15-17H2,1-2H3/b20-11-,23-14+/t18?,24-,25?,26?/m1/s1. The van der Waals surface area contributed by atoms with Crippen molar-refractivity contribution in [3.8, 4) is 0 Å². The van der Waals surface area contributed by atoms with Crippen LogP contribution >= 0.6 is 12.2 Å². The molecule has 0 aliphatic carbocycles. The summed E-state index contributed by atoms with van der Waals surface area (Å²) in [6.45, 7) is 3.59. The van der Waals surface area contributed by atoms with Gasteiger partial charge in [0.15, 0.2) is 0 Å². The number of aliphatic hydroxyl groups is 3. The number of aliphatic hydroxyl groups excluding tert-OH is 3. The Morgan fingerprint density at radius 2 is 1.76 bits per heavy atom. The Bertz CT molecular complexity index is 988. The van der Waals surface area contributed by atoms with Crippen molar-refractivity contribution in [1.29, 1.82) is 0 Å². The summed E-state index contributed by atoms with van der Waals surface area (Å²) in [7, 11) is 0. The average Bonchev–Trinajstić information content (AvgIpc) is 2.81. The molecule has 0 aromatic heterocycles. The van der Waals surface area contributed by atoms with E-state index in [0.29, 0.717) is 31.2 Å². The van der Waals surface area contributed by atoms with Gasteiger partial charge in [0.05, 0.1) is 23.0 Å². The largest absolute Gasteiger partial charge is 0.512 e. The fourth-order valence-electron chi connectivity index (χ4n) is 4.19. The van der Waals surface area contributed by atoms with E-state index >= 15 is 0 Å². The maximum atomic E-state index is 13.2. The lowest BCUT2D eigenvalue weighted by Crippen LogP contribution is -2.60. The van der Waals surface area contributed by atoms with Crippen LogP contribution in [0.25, 0.3) is 0 Å². The van der Waals surface area contributed by atoms with Crippen molar-refractivity contribution in [2.24, 2.45) is 5.92 Å². The van der Waals surface area contributed by atoms with Crippen molar-refractivity contribution in [2.45, 2.75) is 57.8 Å². The van der Waals surface area contributed by atoms with Crippen LogP contribution in [-0.2, 0) is 0 Å². The second-order valence-electron chi connectivity index (χ2n) is 8.50. The minimum absolute atomic E-state index is 0.0262. The Kier molecular flexibility index (Phi) is 8.78. The van der Waals surface area contributed by atoms with Gasteiger partial charge >= 0.3 is 0 Å².